The summed E-state index contributed by atoms with van der Waals surface area (Å²) in [7, 11) is 2.84. The van der Waals surface area contributed by atoms with Crippen molar-refractivity contribution in [3.8, 4) is 0 Å². The van der Waals surface area contributed by atoms with Crippen LogP contribution in [0.3, 0.4) is 0 Å². The van der Waals surface area contributed by atoms with Crippen LogP contribution in [0, 0.1) is 0 Å². The van der Waals surface area contributed by atoms with Crippen molar-refractivity contribution in [3.05, 3.63) is 78.1 Å². The standard InChI is InChI=1S/C16H17Cl2NO3S.C14H15Cl2NO2.C2H3ClOS/c1-5-8-6-9(17)7-10(18)11(8)12-13(22-15(23)21-4)16(2,3)19-14(12)20;1-4-7-5-8(15)6-9(16)10(7)11-12(18)14(2,3)17-13(11)19;1-4-2(3)5/h6-7H,5H2,1-4H3,(H,19,20);5-6,18H,4H2,1-3H3,(H,17,19);1H3. The Kier molecular flexibility index (Phi) is 14.7. The van der Waals surface area contributed by atoms with E-state index in [0.29, 0.717) is 55.4 Å². The number of methoxy groups -OCH3 is 2. The first kappa shape index (κ1) is 40.9. The molecule has 4 rings (SSSR count). The van der Waals surface area contributed by atoms with E-state index < -0.39 is 11.1 Å². The maximum Gasteiger partial charge on any atom is 0.357 e. The Labute approximate surface area is 310 Å². The van der Waals surface area contributed by atoms with E-state index in [9.17, 15) is 14.7 Å². The number of halogens is 5. The van der Waals surface area contributed by atoms with Gasteiger partial charge in [0.05, 0.1) is 46.5 Å². The van der Waals surface area contributed by atoms with Gasteiger partial charge in [0, 0.05) is 33.4 Å². The van der Waals surface area contributed by atoms with Gasteiger partial charge in [-0.2, -0.15) is 0 Å². The zero-order valence-corrected chi connectivity index (χ0v) is 32.3. The van der Waals surface area contributed by atoms with Crippen LogP contribution in [0.4, 0.5) is 0 Å². The quantitative estimate of drug-likeness (QED) is 0.204. The summed E-state index contributed by atoms with van der Waals surface area (Å²) >= 11 is 38.8. The number of rotatable bonds is 5. The molecular weight excluding hydrogens is 750 g/mol. The maximum absolute atomic E-state index is 12.6. The van der Waals surface area contributed by atoms with Crippen LogP contribution in [0.1, 0.15) is 63.8 Å². The Morgan fingerprint density at radius 2 is 1.17 bits per heavy atom. The van der Waals surface area contributed by atoms with Crippen LogP contribution in [0.2, 0.25) is 20.1 Å². The fraction of sp³-hybridized carbons (Fsp3) is 0.375. The molecule has 0 saturated carbocycles. The van der Waals surface area contributed by atoms with E-state index in [4.69, 9.17) is 79.7 Å². The molecule has 2 heterocycles. The number of aliphatic hydroxyl groups excluding tert-OH is 1. The van der Waals surface area contributed by atoms with Gasteiger partial charge in [0.2, 0.25) is 0 Å². The van der Waals surface area contributed by atoms with Gasteiger partial charge in [-0.15, -0.1) is 0 Å². The Bertz CT molecular complexity index is 1660. The van der Waals surface area contributed by atoms with E-state index in [0.717, 1.165) is 11.1 Å². The Morgan fingerprint density at radius 3 is 1.53 bits per heavy atom. The molecule has 256 valence electrons. The molecule has 0 atom stereocenters. The number of thiocarbonyl (C=S) groups is 2. The average molecular weight is 785 g/mol. The van der Waals surface area contributed by atoms with Crippen molar-refractivity contribution < 1.29 is 28.9 Å². The van der Waals surface area contributed by atoms with E-state index in [1.807, 2.05) is 27.7 Å². The summed E-state index contributed by atoms with van der Waals surface area (Å²) in [4.78, 5) is 24.6. The minimum Gasteiger partial charge on any atom is -0.509 e. The molecule has 0 unspecified atom stereocenters. The van der Waals surface area contributed by atoms with Gasteiger partial charge in [0.15, 0.2) is 0 Å². The number of aliphatic hydroxyl groups is 1. The number of hydrogen-bond acceptors (Lipinski definition) is 8. The van der Waals surface area contributed by atoms with Crippen molar-refractivity contribution >= 4 is 115 Å². The molecule has 2 aliphatic rings. The third-order valence-corrected chi connectivity index (χ3v) is 8.58. The molecule has 0 bridgehead atoms. The van der Waals surface area contributed by atoms with Crippen LogP contribution in [-0.4, -0.2) is 52.0 Å². The van der Waals surface area contributed by atoms with Gasteiger partial charge in [-0.1, -0.05) is 60.3 Å². The van der Waals surface area contributed by atoms with E-state index in [1.54, 1.807) is 38.1 Å². The summed E-state index contributed by atoms with van der Waals surface area (Å²) in [5.41, 5.74) is 1.95. The lowest BCUT2D eigenvalue weighted by atomic mass is 9.94. The minimum atomic E-state index is -0.777. The number of carbonyl (C=O) groups excluding carboxylic acids is 2. The van der Waals surface area contributed by atoms with Crippen LogP contribution < -0.4 is 10.6 Å². The number of ether oxygens (including phenoxy) is 3. The molecule has 0 radical (unpaired) electrons. The number of amides is 2. The Balaban J connectivity index is 0.000000290. The monoisotopic (exact) mass is 782 g/mol. The van der Waals surface area contributed by atoms with Crippen molar-refractivity contribution in [2.75, 3.05) is 14.2 Å². The van der Waals surface area contributed by atoms with E-state index in [1.165, 1.54) is 14.2 Å². The maximum atomic E-state index is 12.6. The van der Waals surface area contributed by atoms with E-state index in [-0.39, 0.29) is 32.9 Å². The molecule has 2 amide bonds. The molecular formula is C32H35Cl5N2O6S2. The number of aryl methyl sites for hydroxylation is 2. The molecule has 15 heteroatoms. The van der Waals surface area contributed by atoms with Crippen LogP contribution in [0.5, 0.6) is 0 Å². The summed E-state index contributed by atoms with van der Waals surface area (Å²) in [6.45, 7) is 11.0. The zero-order chi connectivity index (χ0) is 36.0. The smallest absolute Gasteiger partial charge is 0.357 e. The van der Waals surface area contributed by atoms with Gasteiger partial charge < -0.3 is 30.0 Å². The largest absolute Gasteiger partial charge is 0.509 e. The first-order chi connectivity index (χ1) is 21.8. The predicted molar refractivity (Wildman–Crippen MR) is 199 cm³/mol. The van der Waals surface area contributed by atoms with Gasteiger partial charge in [-0.05, 0) is 99.7 Å². The third-order valence-electron chi connectivity index (χ3n) is 6.98. The summed E-state index contributed by atoms with van der Waals surface area (Å²) in [6, 6.07) is 6.74. The highest BCUT2D eigenvalue weighted by molar-refractivity contribution is 7.82. The summed E-state index contributed by atoms with van der Waals surface area (Å²) in [5.74, 6) is -0.200. The molecule has 3 N–H and O–H groups in total. The van der Waals surface area contributed by atoms with Crippen molar-refractivity contribution in [2.45, 2.75) is 65.5 Å². The molecule has 2 aromatic carbocycles. The van der Waals surface area contributed by atoms with Crippen molar-refractivity contribution in [3.63, 3.8) is 0 Å². The topological polar surface area (TPSA) is 106 Å². The molecule has 0 spiro atoms. The lowest BCUT2D eigenvalue weighted by molar-refractivity contribution is -0.116. The average Bonchev–Trinajstić information content (AvgIpc) is 3.32. The third kappa shape index (κ3) is 9.88. The highest BCUT2D eigenvalue weighted by Gasteiger charge is 2.43. The van der Waals surface area contributed by atoms with Gasteiger partial charge >= 0.3 is 5.24 Å². The van der Waals surface area contributed by atoms with Crippen molar-refractivity contribution in [2.24, 2.45) is 0 Å². The van der Waals surface area contributed by atoms with Gasteiger partial charge in [-0.3, -0.25) is 9.59 Å². The normalized spacial score (nSPS) is 15.9. The highest BCUT2D eigenvalue weighted by atomic mass is 35.5. The molecule has 0 saturated heterocycles. The highest BCUT2D eigenvalue weighted by Crippen LogP contribution is 2.41. The van der Waals surface area contributed by atoms with Crippen LogP contribution in [-0.2, 0) is 36.6 Å². The molecule has 47 heavy (non-hydrogen) atoms. The number of carbonyl (C=O) groups is 2. The van der Waals surface area contributed by atoms with Crippen molar-refractivity contribution in [1.82, 2.24) is 10.6 Å². The Morgan fingerprint density at radius 1 is 0.766 bits per heavy atom. The van der Waals surface area contributed by atoms with Crippen molar-refractivity contribution in [1.29, 1.82) is 0 Å². The predicted octanol–water partition coefficient (Wildman–Crippen LogP) is 9.01. The number of benzene rings is 2. The summed E-state index contributed by atoms with van der Waals surface area (Å²) in [6.07, 6.45) is 1.33. The number of nitrogens with one attached hydrogen (secondary N) is 2. The molecule has 2 aliphatic heterocycles. The first-order valence-corrected chi connectivity index (χ1v) is 16.8. The minimum absolute atomic E-state index is 0.0106. The lowest BCUT2D eigenvalue weighted by Gasteiger charge is -2.22. The molecule has 0 aliphatic carbocycles. The fourth-order valence-corrected chi connectivity index (χ4v) is 6.12. The number of hydrogen-bond donors (Lipinski definition) is 3. The zero-order valence-electron chi connectivity index (χ0n) is 26.9. The molecule has 2 aromatic rings. The van der Waals surface area contributed by atoms with E-state index in [2.05, 4.69) is 27.6 Å². The Hall–Kier alpha value is -2.31. The molecule has 0 fully saturated rings. The SMILES string of the molecule is CCc1cc(Cl)cc(Cl)c1C1=C(O)C(C)(C)NC1=O.CCc1cc(Cl)cc(Cl)c1C1=C(OC(=S)OC)C(C)(C)NC1=O.COC(=S)Cl. The fourth-order valence-electron chi connectivity index (χ4n) is 4.78. The molecule has 8 nitrogen and oxygen atoms in total. The van der Waals surface area contributed by atoms with Gasteiger partial charge in [0.1, 0.15) is 11.5 Å². The second-order valence-corrected chi connectivity index (χ2v) is 14.1. The second kappa shape index (κ2) is 16.9. The van der Waals surface area contributed by atoms with Gasteiger partial charge in [0.25, 0.3) is 16.3 Å². The van der Waals surface area contributed by atoms with Crippen LogP contribution in [0.15, 0.2) is 35.8 Å². The summed E-state index contributed by atoms with van der Waals surface area (Å²) in [5, 5.41) is 17.6. The first-order valence-electron chi connectivity index (χ1n) is 14.0. The van der Waals surface area contributed by atoms with E-state index >= 15 is 0 Å². The van der Waals surface area contributed by atoms with Crippen LogP contribution >= 0.6 is 82.4 Å². The van der Waals surface area contributed by atoms with Crippen LogP contribution in [0.25, 0.3) is 11.1 Å². The summed E-state index contributed by atoms with van der Waals surface area (Å²) < 4.78 is 14.8. The lowest BCUT2D eigenvalue weighted by Crippen LogP contribution is -2.39. The molecule has 0 aromatic heterocycles. The van der Waals surface area contributed by atoms with Gasteiger partial charge in [-0.25, -0.2) is 0 Å². The second-order valence-electron chi connectivity index (χ2n) is 11.1.